The summed E-state index contributed by atoms with van der Waals surface area (Å²) in [4.78, 5) is 25.9. The molecule has 2 amide bonds. The molecule has 2 aromatic carbocycles. The van der Waals surface area contributed by atoms with Crippen LogP contribution >= 0.6 is 0 Å². The lowest BCUT2D eigenvalue weighted by molar-refractivity contribution is -0.117. The third-order valence-electron chi connectivity index (χ3n) is 4.32. The van der Waals surface area contributed by atoms with Crippen molar-refractivity contribution >= 4 is 23.6 Å². The van der Waals surface area contributed by atoms with Crippen molar-refractivity contribution in [1.82, 2.24) is 10.2 Å². The first-order chi connectivity index (χ1) is 15.3. The Morgan fingerprint density at radius 1 is 1.09 bits per heavy atom. The van der Waals surface area contributed by atoms with E-state index in [1.165, 1.54) is 6.08 Å². The minimum absolute atomic E-state index is 0.0878. The van der Waals surface area contributed by atoms with Crippen molar-refractivity contribution in [2.45, 2.75) is 20.4 Å². The summed E-state index contributed by atoms with van der Waals surface area (Å²) in [6, 6.07) is 13.0. The summed E-state index contributed by atoms with van der Waals surface area (Å²) < 4.78 is 11.2. The molecule has 7 heteroatoms. The van der Waals surface area contributed by atoms with Gasteiger partial charge in [0, 0.05) is 18.3 Å². The van der Waals surface area contributed by atoms with Gasteiger partial charge in [0.25, 0.3) is 0 Å². The van der Waals surface area contributed by atoms with Gasteiger partial charge in [0.15, 0.2) is 11.5 Å². The minimum Gasteiger partial charge on any atom is -0.493 e. The maximum Gasteiger partial charge on any atom is 0.244 e. The highest BCUT2D eigenvalue weighted by Gasteiger charge is 2.07. The number of rotatable bonds is 11. The summed E-state index contributed by atoms with van der Waals surface area (Å²) in [6.45, 7) is 5.43. The molecule has 0 saturated carbocycles. The Labute approximate surface area is 190 Å². The van der Waals surface area contributed by atoms with Crippen molar-refractivity contribution in [3.63, 3.8) is 0 Å². The lowest BCUT2D eigenvalue weighted by Gasteiger charge is -2.12. The Morgan fingerprint density at radius 3 is 2.56 bits per heavy atom. The number of amides is 2. The van der Waals surface area contributed by atoms with E-state index in [1.807, 2.05) is 56.6 Å². The maximum absolute atomic E-state index is 12.2. The van der Waals surface area contributed by atoms with Gasteiger partial charge in [-0.2, -0.15) is 0 Å². The second-order valence-corrected chi connectivity index (χ2v) is 8.15. The van der Waals surface area contributed by atoms with Gasteiger partial charge in [-0.3, -0.25) is 9.59 Å². The zero-order valence-electron chi connectivity index (χ0n) is 19.5. The highest BCUT2D eigenvalue weighted by molar-refractivity contribution is 5.93. The molecule has 0 fully saturated rings. The number of ether oxygens (including phenoxy) is 2. The molecule has 2 aromatic rings. The van der Waals surface area contributed by atoms with Crippen LogP contribution in [0.5, 0.6) is 11.5 Å². The number of nitrogens with one attached hydrogen (secondary N) is 2. The number of hydrogen-bond acceptors (Lipinski definition) is 5. The van der Waals surface area contributed by atoms with Crippen LogP contribution < -0.4 is 20.1 Å². The summed E-state index contributed by atoms with van der Waals surface area (Å²) in [6.07, 6.45) is 3.20. The summed E-state index contributed by atoms with van der Waals surface area (Å²) in [5.74, 6) is 1.42. The van der Waals surface area contributed by atoms with Gasteiger partial charge in [-0.15, -0.1) is 0 Å². The summed E-state index contributed by atoms with van der Waals surface area (Å²) in [5, 5.41) is 5.70. The Balaban J connectivity index is 1.91. The number of anilines is 1. The van der Waals surface area contributed by atoms with E-state index in [9.17, 15) is 9.59 Å². The van der Waals surface area contributed by atoms with Gasteiger partial charge in [-0.1, -0.05) is 32.0 Å². The van der Waals surface area contributed by atoms with Crippen LogP contribution in [-0.2, 0) is 16.1 Å². The number of carbonyl (C=O) groups excluding carboxylic acids is 2. The number of methoxy groups -OCH3 is 1. The monoisotopic (exact) mass is 439 g/mol. The molecular formula is C25H33N3O4. The van der Waals surface area contributed by atoms with Crippen molar-refractivity contribution in [3.05, 3.63) is 59.7 Å². The second-order valence-electron chi connectivity index (χ2n) is 8.15. The molecule has 172 valence electrons. The summed E-state index contributed by atoms with van der Waals surface area (Å²) >= 11 is 0. The smallest absolute Gasteiger partial charge is 0.244 e. The first-order valence-corrected chi connectivity index (χ1v) is 10.6. The first-order valence-electron chi connectivity index (χ1n) is 10.6. The highest BCUT2D eigenvalue weighted by Crippen LogP contribution is 2.29. The summed E-state index contributed by atoms with van der Waals surface area (Å²) in [7, 11) is 5.27. The Morgan fingerprint density at radius 2 is 1.88 bits per heavy atom. The van der Waals surface area contributed by atoms with Gasteiger partial charge >= 0.3 is 0 Å². The van der Waals surface area contributed by atoms with Gasteiger partial charge in [-0.05, 0) is 61.5 Å². The van der Waals surface area contributed by atoms with Crippen LogP contribution in [0.2, 0.25) is 0 Å². The Kier molecular flexibility index (Phi) is 9.76. The molecule has 0 saturated heterocycles. The highest BCUT2D eigenvalue weighted by atomic mass is 16.5. The Hall–Kier alpha value is -3.32. The fraction of sp³-hybridized carbons (Fsp3) is 0.360. The Bertz CT molecular complexity index is 939. The van der Waals surface area contributed by atoms with Crippen LogP contribution in [0.25, 0.3) is 6.08 Å². The molecular weight excluding hydrogens is 406 g/mol. The van der Waals surface area contributed by atoms with E-state index in [4.69, 9.17) is 9.47 Å². The van der Waals surface area contributed by atoms with E-state index >= 15 is 0 Å². The molecule has 2 N–H and O–H groups in total. The van der Waals surface area contributed by atoms with E-state index in [1.54, 1.807) is 18.1 Å². The van der Waals surface area contributed by atoms with Gasteiger partial charge in [0.2, 0.25) is 11.8 Å². The fourth-order valence-corrected chi connectivity index (χ4v) is 2.83. The lowest BCUT2D eigenvalue weighted by Crippen LogP contribution is -2.27. The van der Waals surface area contributed by atoms with E-state index in [-0.39, 0.29) is 11.8 Å². The van der Waals surface area contributed by atoms with Crippen LogP contribution in [0.3, 0.4) is 0 Å². The maximum atomic E-state index is 12.2. The largest absolute Gasteiger partial charge is 0.493 e. The third-order valence-corrected chi connectivity index (χ3v) is 4.32. The average molecular weight is 440 g/mol. The molecule has 32 heavy (non-hydrogen) atoms. The van der Waals surface area contributed by atoms with E-state index in [0.717, 1.165) is 11.1 Å². The SMILES string of the molecule is COc1cc(C=CC(=O)NCc2cccc(NC(=O)CN(C)C)c2)ccc1OCC(C)C. The van der Waals surface area contributed by atoms with Crippen molar-refractivity contribution in [3.8, 4) is 11.5 Å². The van der Waals surface area contributed by atoms with E-state index in [2.05, 4.69) is 24.5 Å². The average Bonchev–Trinajstić information content (AvgIpc) is 2.74. The number of likely N-dealkylation sites (N-methyl/N-ethyl adjacent to an activating group) is 1. The molecule has 0 radical (unpaired) electrons. The number of benzene rings is 2. The van der Waals surface area contributed by atoms with Crippen LogP contribution in [-0.4, -0.2) is 51.1 Å². The van der Waals surface area contributed by atoms with Gasteiger partial charge in [-0.25, -0.2) is 0 Å². The molecule has 0 heterocycles. The first kappa shape index (κ1) is 24.9. The van der Waals surface area contributed by atoms with Gasteiger partial charge in [0.1, 0.15) is 0 Å². The zero-order chi connectivity index (χ0) is 23.5. The summed E-state index contributed by atoms with van der Waals surface area (Å²) in [5.41, 5.74) is 2.42. The van der Waals surface area contributed by atoms with Gasteiger partial charge in [0.05, 0.1) is 20.3 Å². The minimum atomic E-state index is -0.217. The normalized spacial score (nSPS) is 11.1. The van der Waals surface area contributed by atoms with Crippen LogP contribution in [0, 0.1) is 5.92 Å². The molecule has 0 spiro atoms. The van der Waals surface area contributed by atoms with Crippen molar-refractivity contribution in [2.24, 2.45) is 5.92 Å². The predicted molar refractivity (Wildman–Crippen MR) is 128 cm³/mol. The molecule has 2 rings (SSSR count). The molecule has 0 bridgehead atoms. The number of carbonyl (C=O) groups is 2. The standard InChI is InChI=1S/C25H33N3O4/c1-18(2)17-32-22-11-9-19(14-23(22)31-5)10-12-24(29)26-15-20-7-6-8-21(13-20)27-25(30)16-28(3)4/h6-14,18H,15-17H2,1-5H3,(H,26,29)(H,27,30). The van der Waals surface area contributed by atoms with Crippen LogP contribution in [0.4, 0.5) is 5.69 Å². The van der Waals surface area contributed by atoms with E-state index in [0.29, 0.717) is 42.8 Å². The molecule has 0 unspecified atom stereocenters. The molecule has 0 aliphatic carbocycles. The van der Waals surface area contributed by atoms with Crippen molar-refractivity contribution < 1.29 is 19.1 Å². The van der Waals surface area contributed by atoms with Crippen molar-refractivity contribution in [1.29, 1.82) is 0 Å². The number of nitrogens with zero attached hydrogens (tertiary/aromatic N) is 1. The molecule has 0 atom stereocenters. The lowest BCUT2D eigenvalue weighted by atomic mass is 10.1. The predicted octanol–water partition coefficient (Wildman–Crippen LogP) is 3.56. The van der Waals surface area contributed by atoms with Gasteiger partial charge < -0.3 is 25.0 Å². The topological polar surface area (TPSA) is 79.9 Å². The number of hydrogen-bond donors (Lipinski definition) is 2. The van der Waals surface area contributed by atoms with E-state index < -0.39 is 0 Å². The molecule has 0 aliphatic rings. The van der Waals surface area contributed by atoms with Crippen molar-refractivity contribution in [2.75, 3.05) is 39.7 Å². The zero-order valence-corrected chi connectivity index (χ0v) is 19.5. The van der Waals surface area contributed by atoms with Crippen LogP contribution in [0.1, 0.15) is 25.0 Å². The third kappa shape index (κ3) is 8.81. The molecule has 7 nitrogen and oxygen atoms in total. The molecule has 0 aromatic heterocycles. The van der Waals surface area contributed by atoms with Crippen LogP contribution in [0.15, 0.2) is 48.5 Å². The fourth-order valence-electron chi connectivity index (χ4n) is 2.83. The molecule has 0 aliphatic heterocycles. The second kappa shape index (κ2) is 12.5. The quantitative estimate of drug-likeness (QED) is 0.524.